The smallest absolute Gasteiger partial charge is 0.223 e. The summed E-state index contributed by atoms with van der Waals surface area (Å²) >= 11 is 0. The molecule has 1 aromatic rings. The standard InChI is InChI=1S/C17H25NO2/c1-12-7-8-15(11-12)18-17(19)9-10-20-16-6-4-5-13(2)14(16)3/h4-6,12,15H,7-11H2,1-3H3,(H,18,19). The van der Waals surface area contributed by atoms with Crippen molar-refractivity contribution in [2.75, 3.05) is 6.61 Å². The second-order valence-electron chi connectivity index (χ2n) is 5.98. The molecule has 0 aromatic heterocycles. The number of benzene rings is 1. The van der Waals surface area contributed by atoms with E-state index in [1.807, 2.05) is 19.1 Å². The Morgan fingerprint density at radius 2 is 2.15 bits per heavy atom. The Labute approximate surface area is 121 Å². The minimum absolute atomic E-state index is 0.106. The molecule has 2 rings (SSSR count). The third-order valence-corrected chi connectivity index (χ3v) is 4.20. The summed E-state index contributed by atoms with van der Waals surface area (Å²) in [7, 11) is 0. The number of nitrogens with one attached hydrogen (secondary N) is 1. The number of carbonyl (C=O) groups excluding carboxylic acids is 1. The van der Waals surface area contributed by atoms with Crippen molar-refractivity contribution in [2.45, 2.75) is 52.5 Å². The SMILES string of the molecule is Cc1cccc(OCCC(=O)NC2CCC(C)C2)c1C. The monoisotopic (exact) mass is 275 g/mol. The van der Waals surface area contributed by atoms with Gasteiger partial charge in [0.1, 0.15) is 5.75 Å². The predicted octanol–water partition coefficient (Wildman–Crippen LogP) is 3.38. The molecular formula is C17H25NO2. The normalized spacial score (nSPS) is 21.8. The fourth-order valence-electron chi connectivity index (χ4n) is 2.77. The highest BCUT2D eigenvalue weighted by atomic mass is 16.5. The van der Waals surface area contributed by atoms with Crippen molar-refractivity contribution in [1.82, 2.24) is 5.32 Å². The first-order valence-electron chi connectivity index (χ1n) is 7.54. The number of aryl methyl sites for hydroxylation is 1. The van der Waals surface area contributed by atoms with Gasteiger partial charge in [-0.15, -0.1) is 0 Å². The summed E-state index contributed by atoms with van der Waals surface area (Å²) in [6.07, 6.45) is 3.89. The molecule has 0 radical (unpaired) electrons. The lowest BCUT2D eigenvalue weighted by Crippen LogP contribution is -2.33. The van der Waals surface area contributed by atoms with Crippen LogP contribution in [0.3, 0.4) is 0 Å². The zero-order valence-electron chi connectivity index (χ0n) is 12.7. The van der Waals surface area contributed by atoms with Crippen LogP contribution in [-0.4, -0.2) is 18.6 Å². The van der Waals surface area contributed by atoms with E-state index >= 15 is 0 Å². The van der Waals surface area contributed by atoms with Gasteiger partial charge < -0.3 is 10.1 Å². The molecule has 1 aliphatic rings. The first-order chi connectivity index (χ1) is 9.56. The van der Waals surface area contributed by atoms with Crippen molar-refractivity contribution in [3.05, 3.63) is 29.3 Å². The first kappa shape index (κ1) is 14.9. The van der Waals surface area contributed by atoms with Gasteiger partial charge in [0.25, 0.3) is 0 Å². The van der Waals surface area contributed by atoms with Crippen LogP contribution in [0.1, 0.15) is 43.7 Å². The number of amides is 1. The highest BCUT2D eigenvalue weighted by Crippen LogP contribution is 2.24. The number of hydrogen-bond donors (Lipinski definition) is 1. The van der Waals surface area contributed by atoms with Crippen molar-refractivity contribution < 1.29 is 9.53 Å². The van der Waals surface area contributed by atoms with Crippen LogP contribution in [0.25, 0.3) is 0 Å². The van der Waals surface area contributed by atoms with E-state index in [9.17, 15) is 4.79 Å². The largest absolute Gasteiger partial charge is 0.493 e. The van der Waals surface area contributed by atoms with Gasteiger partial charge in [-0.1, -0.05) is 19.1 Å². The van der Waals surface area contributed by atoms with E-state index in [-0.39, 0.29) is 5.91 Å². The molecule has 2 unspecified atom stereocenters. The van der Waals surface area contributed by atoms with Gasteiger partial charge in [-0.25, -0.2) is 0 Å². The maximum atomic E-state index is 11.9. The lowest BCUT2D eigenvalue weighted by atomic mass is 10.1. The van der Waals surface area contributed by atoms with Crippen molar-refractivity contribution in [2.24, 2.45) is 5.92 Å². The summed E-state index contributed by atoms with van der Waals surface area (Å²) in [4.78, 5) is 11.9. The lowest BCUT2D eigenvalue weighted by molar-refractivity contribution is -0.122. The van der Waals surface area contributed by atoms with E-state index in [0.29, 0.717) is 19.1 Å². The van der Waals surface area contributed by atoms with Gasteiger partial charge in [0, 0.05) is 6.04 Å². The molecule has 0 spiro atoms. The average Bonchev–Trinajstić information content (AvgIpc) is 2.80. The molecule has 1 fully saturated rings. The average molecular weight is 275 g/mol. The van der Waals surface area contributed by atoms with Gasteiger partial charge in [-0.05, 0) is 56.2 Å². The molecular weight excluding hydrogens is 250 g/mol. The number of hydrogen-bond acceptors (Lipinski definition) is 2. The molecule has 3 nitrogen and oxygen atoms in total. The number of ether oxygens (including phenoxy) is 1. The summed E-state index contributed by atoms with van der Waals surface area (Å²) in [6, 6.07) is 6.38. The van der Waals surface area contributed by atoms with Crippen molar-refractivity contribution >= 4 is 5.91 Å². The summed E-state index contributed by atoms with van der Waals surface area (Å²) in [5, 5.41) is 3.10. The Morgan fingerprint density at radius 1 is 1.35 bits per heavy atom. The summed E-state index contributed by atoms with van der Waals surface area (Å²) < 4.78 is 5.71. The van der Waals surface area contributed by atoms with Crippen LogP contribution < -0.4 is 10.1 Å². The summed E-state index contributed by atoms with van der Waals surface area (Å²) in [6.45, 7) is 6.80. The van der Waals surface area contributed by atoms with Crippen LogP contribution in [-0.2, 0) is 4.79 Å². The molecule has 0 bridgehead atoms. The van der Waals surface area contributed by atoms with E-state index < -0.39 is 0 Å². The molecule has 2 atom stereocenters. The Bertz CT molecular complexity index is 470. The summed E-state index contributed by atoms with van der Waals surface area (Å²) in [5.74, 6) is 1.73. The molecule has 0 heterocycles. The Balaban J connectivity index is 1.72. The van der Waals surface area contributed by atoms with Gasteiger partial charge >= 0.3 is 0 Å². The van der Waals surface area contributed by atoms with Crippen molar-refractivity contribution in [3.8, 4) is 5.75 Å². The van der Waals surface area contributed by atoms with Crippen molar-refractivity contribution in [1.29, 1.82) is 0 Å². The van der Waals surface area contributed by atoms with E-state index in [0.717, 1.165) is 30.1 Å². The topological polar surface area (TPSA) is 38.3 Å². The second kappa shape index (κ2) is 6.78. The number of carbonyl (C=O) groups is 1. The number of rotatable bonds is 5. The third-order valence-electron chi connectivity index (χ3n) is 4.20. The highest BCUT2D eigenvalue weighted by Gasteiger charge is 2.22. The van der Waals surface area contributed by atoms with Gasteiger partial charge in [0.2, 0.25) is 5.91 Å². The third kappa shape index (κ3) is 3.99. The summed E-state index contributed by atoms with van der Waals surface area (Å²) in [5.41, 5.74) is 2.37. The molecule has 1 amide bonds. The first-order valence-corrected chi connectivity index (χ1v) is 7.54. The van der Waals surface area contributed by atoms with Crippen LogP contribution in [0.15, 0.2) is 18.2 Å². The van der Waals surface area contributed by atoms with Crippen LogP contribution in [0, 0.1) is 19.8 Å². The minimum atomic E-state index is 0.106. The van der Waals surface area contributed by atoms with E-state index in [1.165, 1.54) is 12.0 Å². The molecule has 0 saturated heterocycles. The fraction of sp³-hybridized carbons (Fsp3) is 0.588. The van der Waals surface area contributed by atoms with Crippen LogP contribution in [0.5, 0.6) is 5.75 Å². The molecule has 1 aromatic carbocycles. The molecule has 1 N–H and O–H groups in total. The Morgan fingerprint density at radius 3 is 2.85 bits per heavy atom. The zero-order chi connectivity index (χ0) is 14.5. The zero-order valence-corrected chi connectivity index (χ0v) is 12.7. The molecule has 1 saturated carbocycles. The lowest BCUT2D eigenvalue weighted by Gasteiger charge is -2.14. The van der Waals surface area contributed by atoms with Crippen LogP contribution in [0.2, 0.25) is 0 Å². The minimum Gasteiger partial charge on any atom is -0.493 e. The van der Waals surface area contributed by atoms with Gasteiger partial charge in [0.15, 0.2) is 0 Å². The fourth-order valence-corrected chi connectivity index (χ4v) is 2.77. The van der Waals surface area contributed by atoms with E-state index in [1.54, 1.807) is 0 Å². The predicted molar refractivity (Wildman–Crippen MR) is 81.0 cm³/mol. The van der Waals surface area contributed by atoms with Gasteiger partial charge in [0.05, 0.1) is 13.0 Å². The Hall–Kier alpha value is -1.51. The van der Waals surface area contributed by atoms with Crippen molar-refractivity contribution in [3.63, 3.8) is 0 Å². The molecule has 0 aliphatic heterocycles. The van der Waals surface area contributed by atoms with Gasteiger partial charge in [-0.2, -0.15) is 0 Å². The molecule has 3 heteroatoms. The maximum absolute atomic E-state index is 11.9. The molecule has 1 aliphatic carbocycles. The molecule has 110 valence electrons. The van der Waals surface area contributed by atoms with E-state index in [4.69, 9.17) is 4.74 Å². The van der Waals surface area contributed by atoms with E-state index in [2.05, 4.69) is 25.2 Å². The highest BCUT2D eigenvalue weighted by molar-refractivity contribution is 5.76. The Kier molecular flexibility index (Phi) is 5.05. The maximum Gasteiger partial charge on any atom is 0.223 e. The second-order valence-corrected chi connectivity index (χ2v) is 5.98. The van der Waals surface area contributed by atoms with Crippen LogP contribution >= 0.6 is 0 Å². The van der Waals surface area contributed by atoms with Crippen LogP contribution in [0.4, 0.5) is 0 Å². The van der Waals surface area contributed by atoms with Gasteiger partial charge in [-0.3, -0.25) is 4.79 Å². The quantitative estimate of drug-likeness (QED) is 0.894. The molecule has 20 heavy (non-hydrogen) atoms.